The van der Waals surface area contributed by atoms with Crippen molar-refractivity contribution in [3.63, 3.8) is 0 Å². The topological polar surface area (TPSA) is 51.2 Å². The van der Waals surface area contributed by atoms with Crippen molar-refractivity contribution in [2.75, 3.05) is 19.0 Å². The monoisotopic (exact) mass is 306 g/mol. The van der Waals surface area contributed by atoms with Gasteiger partial charge in [-0.05, 0) is 28.4 Å². The third-order valence-corrected chi connectivity index (χ3v) is 2.97. The normalized spacial score (nSPS) is 10.2. The first-order valence-corrected chi connectivity index (χ1v) is 5.90. The molecular weight excluding hydrogens is 295 g/mol. The zero-order chi connectivity index (χ0) is 12.0. The van der Waals surface area contributed by atoms with E-state index in [4.69, 9.17) is 16.3 Å². The molecule has 0 atom stereocenters. The largest absolute Gasteiger partial charge is 0.385 e. The Kier molecular flexibility index (Phi) is 5.73. The van der Waals surface area contributed by atoms with Crippen LogP contribution in [-0.2, 0) is 9.53 Å². The van der Waals surface area contributed by atoms with E-state index >= 15 is 0 Å². The molecule has 1 aromatic rings. The lowest BCUT2D eigenvalue weighted by Crippen LogP contribution is -2.12. The van der Waals surface area contributed by atoms with Gasteiger partial charge in [0.2, 0.25) is 5.91 Å². The SMILES string of the molecule is COCCCC(=O)Nc1cnc(Cl)c(Br)c1. The predicted molar refractivity (Wildman–Crippen MR) is 66.7 cm³/mol. The van der Waals surface area contributed by atoms with Gasteiger partial charge in [0.15, 0.2) is 0 Å². The Bertz CT molecular complexity index is 374. The lowest BCUT2D eigenvalue weighted by molar-refractivity contribution is -0.116. The number of aromatic nitrogens is 1. The van der Waals surface area contributed by atoms with Crippen molar-refractivity contribution < 1.29 is 9.53 Å². The van der Waals surface area contributed by atoms with Gasteiger partial charge in [-0.15, -0.1) is 0 Å². The Morgan fingerprint density at radius 2 is 2.44 bits per heavy atom. The van der Waals surface area contributed by atoms with Crippen molar-refractivity contribution >= 4 is 39.1 Å². The first-order chi connectivity index (χ1) is 7.63. The second kappa shape index (κ2) is 6.83. The van der Waals surface area contributed by atoms with Gasteiger partial charge in [-0.25, -0.2) is 4.98 Å². The summed E-state index contributed by atoms with van der Waals surface area (Å²) in [5.41, 5.74) is 0.624. The number of halogens is 2. The molecule has 0 saturated carbocycles. The Balaban J connectivity index is 2.46. The fourth-order valence-electron chi connectivity index (χ4n) is 1.09. The number of nitrogens with one attached hydrogen (secondary N) is 1. The molecule has 1 rings (SSSR count). The molecule has 0 fully saturated rings. The van der Waals surface area contributed by atoms with E-state index in [0.29, 0.717) is 34.8 Å². The van der Waals surface area contributed by atoms with Gasteiger partial charge in [-0.3, -0.25) is 4.79 Å². The summed E-state index contributed by atoms with van der Waals surface area (Å²) in [6.45, 7) is 0.579. The van der Waals surface area contributed by atoms with E-state index in [1.165, 1.54) is 6.20 Å². The highest BCUT2D eigenvalue weighted by molar-refractivity contribution is 9.10. The molecule has 0 spiro atoms. The minimum atomic E-state index is -0.0620. The summed E-state index contributed by atoms with van der Waals surface area (Å²) in [6, 6.07) is 1.71. The average molecular weight is 308 g/mol. The highest BCUT2D eigenvalue weighted by Gasteiger charge is 2.04. The van der Waals surface area contributed by atoms with Gasteiger partial charge in [-0.1, -0.05) is 11.6 Å². The van der Waals surface area contributed by atoms with E-state index in [-0.39, 0.29) is 5.91 Å². The van der Waals surface area contributed by atoms with Gasteiger partial charge < -0.3 is 10.1 Å². The summed E-state index contributed by atoms with van der Waals surface area (Å²) in [6.07, 6.45) is 2.64. The Morgan fingerprint density at radius 1 is 1.69 bits per heavy atom. The van der Waals surface area contributed by atoms with Crippen molar-refractivity contribution in [3.05, 3.63) is 21.9 Å². The lowest BCUT2D eigenvalue weighted by Gasteiger charge is -2.05. The zero-order valence-electron chi connectivity index (χ0n) is 8.80. The van der Waals surface area contributed by atoms with Crippen LogP contribution in [0, 0.1) is 0 Å². The van der Waals surface area contributed by atoms with Crippen LogP contribution in [0.4, 0.5) is 5.69 Å². The van der Waals surface area contributed by atoms with Crippen LogP contribution < -0.4 is 5.32 Å². The second-order valence-electron chi connectivity index (χ2n) is 3.14. The molecule has 0 aliphatic rings. The number of hydrogen-bond acceptors (Lipinski definition) is 3. The summed E-state index contributed by atoms with van der Waals surface area (Å²) in [5, 5.41) is 3.10. The summed E-state index contributed by atoms with van der Waals surface area (Å²) < 4.78 is 5.52. The number of methoxy groups -OCH3 is 1. The molecular formula is C10H12BrClN2O2. The molecule has 16 heavy (non-hydrogen) atoms. The number of ether oxygens (including phenoxy) is 1. The van der Waals surface area contributed by atoms with Gasteiger partial charge >= 0.3 is 0 Å². The van der Waals surface area contributed by atoms with Crippen LogP contribution in [0.15, 0.2) is 16.7 Å². The van der Waals surface area contributed by atoms with Crippen molar-refractivity contribution in [1.29, 1.82) is 0 Å². The van der Waals surface area contributed by atoms with Crippen LogP contribution in [0.3, 0.4) is 0 Å². The number of carbonyl (C=O) groups excluding carboxylic acids is 1. The highest BCUT2D eigenvalue weighted by Crippen LogP contribution is 2.22. The fraction of sp³-hybridized carbons (Fsp3) is 0.400. The summed E-state index contributed by atoms with van der Waals surface area (Å²) in [5.74, 6) is -0.0620. The van der Waals surface area contributed by atoms with E-state index in [1.54, 1.807) is 13.2 Å². The summed E-state index contributed by atoms with van der Waals surface area (Å²) >= 11 is 8.97. The first-order valence-electron chi connectivity index (χ1n) is 4.73. The zero-order valence-corrected chi connectivity index (χ0v) is 11.1. The molecule has 0 aliphatic heterocycles. The van der Waals surface area contributed by atoms with Gasteiger partial charge in [0.05, 0.1) is 16.4 Å². The van der Waals surface area contributed by atoms with Crippen molar-refractivity contribution in [1.82, 2.24) is 4.98 Å². The molecule has 6 heteroatoms. The standard InChI is InChI=1S/C10H12BrClN2O2/c1-16-4-2-3-9(15)14-7-5-8(11)10(12)13-6-7/h5-6H,2-4H2,1H3,(H,14,15). The molecule has 1 heterocycles. The lowest BCUT2D eigenvalue weighted by atomic mass is 10.3. The number of hydrogen-bond donors (Lipinski definition) is 1. The number of nitrogens with zero attached hydrogens (tertiary/aromatic N) is 1. The average Bonchev–Trinajstić information content (AvgIpc) is 2.24. The summed E-state index contributed by atoms with van der Waals surface area (Å²) in [7, 11) is 1.61. The maximum atomic E-state index is 11.4. The molecule has 0 aromatic carbocycles. The van der Waals surface area contributed by atoms with E-state index in [9.17, 15) is 4.79 Å². The Hall–Kier alpha value is -0.650. The molecule has 0 unspecified atom stereocenters. The number of carbonyl (C=O) groups is 1. The summed E-state index contributed by atoms with van der Waals surface area (Å²) in [4.78, 5) is 15.3. The molecule has 0 aliphatic carbocycles. The van der Waals surface area contributed by atoms with Crippen LogP contribution in [-0.4, -0.2) is 24.6 Å². The minimum absolute atomic E-state index is 0.0620. The van der Waals surface area contributed by atoms with E-state index < -0.39 is 0 Å². The fourth-order valence-corrected chi connectivity index (χ4v) is 1.54. The molecule has 88 valence electrons. The Labute approximate surface area is 107 Å². The van der Waals surface area contributed by atoms with Gasteiger partial charge in [-0.2, -0.15) is 0 Å². The van der Waals surface area contributed by atoms with Gasteiger partial charge in [0.25, 0.3) is 0 Å². The Morgan fingerprint density at radius 3 is 3.06 bits per heavy atom. The minimum Gasteiger partial charge on any atom is -0.385 e. The number of amides is 1. The molecule has 0 radical (unpaired) electrons. The molecule has 1 N–H and O–H groups in total. The maximum Gasteiger partial charge on any atom is 0.224 e. The second-order valence-corrected chi connectivity index (χ2v) is 4.35. The molecule has 1 amide bonds. The molecule has 0 saturated heterocycles. The van der Waals surface area contributed by atoms with E-state index in [0.717, 1.165) is 0 Å². The van der Waals surface area contributed by atoms with Crippen LogP contribution in [0.2, 0.25) is 5.15 Å². The third-order valence-electron chi connectivity index (χ3n) is 1.83. The van der Waals surface area contributed by atoms with Crippen LogP contribution in [0.1, 0.15) is 12.8 Å². The number of anilines is 1. The van der Waals surface area contributed by atoms with Crippen molar-refractivity contribution in [2.24, 2.45) is 0 Å². The predicted octanol–water partition coefficient (Wildman–Crippen LogP) is 2.86. The maximum absolute atomic E-state index is 11.4. The highest BCUT2D eigenvalue weighted by atomic mass is 79.9. The molecule has 4 nitrogen and oxygen atoms in total. The molecule has 0 bridgehead atoms. The van der Waals surface area contributed by atoms with Crippen LogP contribution in [0.25, 0.3) is 0 Å². The number of pyridine rings is 1. The third kappa shape index (κ3) is 4.47. The van der Waals surface area contributed by atoms with Gasteiger partial charge in [0, 0.05) is 20.1 Å². The van der Waals surface area contributed by atoms with Crippen molar-refractivity contribution in [2.45, 2.75) is 12.8 Å². The van der Waals surface area contributed by atoms with E-state index in [2.05, 4.69) is 26.2 Å². The molecule has 1 aromatic heterocycles. The first kappa shape index (κ1) is 13.4. The number of rotatable bonds is 5. The van der Waals surface area contributed by atoms with E-state index in [1.807, 2.05) is 0 Å². The van der Waals surface area contributed by atoms with Crippen LogP contribution >= 0.6 is 27.5 Å². The van der Waals surface area contributed by atoms with Crippen LogP contribution in [0.5, 0.6) is 0 Å². The van der Waals surface area contributed by atoms with Crippen molar-refractivity contribution in [3.8, 4) is 0 Å². The quantitative estimate of drug-likeness (QED) is 0.672. The smallest absolute Gasteiger partial charge is 0.224 e. The van der Waals surface area contributed by atoms with Gasteiger partial charge in [0.1, 0.15) is 5.15 Å².